The number of H-pyrrole nitrogens is 2. The fraction of sp³-hybridized carbons (Fsp3) is 0.308. The minimum atomic E-state index is 0. The van der Waals surface area contributed by atoms with Gasteiger partial charge < -0.3 is 29.6 Å². The van der Waals surface area contributed by atoms with Gasteiger partial charge in [0.1, 0.15) is 0 Å². The maximum atomic E-state index is 5.54. The zero-order valence-electron chi connectivity index (χ0n) is 36.1. The molecule has 61 heavy (non-hydrogen) atoms. The molecule has 0 unspecified atom stereocenters. The summed E-state index contributed by atoms with van der Waals surface area (Å²) < 4.78 is 0. The molecule has 0 atom stereocenters. The first-order chi connectivity index (χ1) is 29.5. The van der Waals surface area contributed by atoms with Gasteiger partial charge in [-0.25, -0.2) is 9.97 Å². The van der Waals surface area contributed by atoms with Gasteiger partial charge in [0.15, 0.2) is 0 Å². The number of allylic oxidation sites excluding steroid dienone is 8. The van der Waals surface area contributed by atoms with E-state index in [1.807, 2.05) is 0 Å². The van der Waals surface area contributed by atoms with Crippen molar-refractivity contribution in [1.29, 1.82) is 0 Å². The Morgan fingerprint density at radius 1 is 0.393 bits per heavy atom. The van der Waals surface area contributed by atoms with E-state index < -0.39 is 0 Å². The normalized spacial score (nSPS) is 16.9. The molecule has 6 aliphatic heterocycles. The standard InChI is InChI=1S/C52H58N8.Mn/c1-5-25-57-29-17-37(18-30-57)49-41-9-11-43(53-41)50(38-19-31-58(26-6-2)32-20-38)45-13-15-47(55-45)52(40-23-35-60(28-8-4)36-24-40)48-16-14-46(56-48)51(44-12-10-42(49)54-44)39-21-33-59(27-7-3)34-22-39;/h9-24,29,31,33,35,53,56H,5-8,25-28,30,32,34,36H2,1-4H3;/q;+3. The Bertz CT molecular complexity index is 2290. The van der Waals surface area contributed by atoms with Crippen LogP contribution in [0.3, 0.4) is 0 Å². The number of rotatable bonds is 12. The predicted molar refractivity (Wildman–Crippen MR) is 255 cm³/mol. The van der Waals surface area contributed by atoms with Gasteiger partial charge in [-0.1, -0.05) is 52.0 Å². The van der Waals surface area contributed by atoms with Crippen molar-refractivity contribution in [2.45, 2.75) is 53.4 Å². The van der Waals surface area contributed by atoms with Crippen LogP contribution in [0, 0.1) is 0 Å². The van der Waals surface area contributed by atoms with E-state index in [1.165, 1.54) is 22.3 Å². The Labute approximate surface area is 372 Å². The summed E-state index contributed by atoms with van der Waals surface area (Å²) >= 11 is 0. The summed E-state index contributed by atoms with van der Waals surface area (Å²) in [5, 5.41) is 0. The van der Waals surface area contributed by atoms with E-state index in [1.54, 1.807) is 0 Å². The predicted octanol–water partition coefficient (Wildman–Crippen LogP) is 11.1. The summed E-state index contributed by atoms with van der Waals surface area (Å²) in [6, 6.07) is 8.94. The van der Waals surface area contributed by atoms with Gasteiger partial charge in [-0.3, -0.25) is 0 Å². The van der Waals surface area contributed by atoms with Crippen molar-refractivity contribution in [2.24, 2.45) is 0 Å². The van der Waals surface area contributed by atoms with E-state index in [-0.39, 0.29) is 17.1 Å². The van der Waals surface area contributed by atoms with Gasteiger partial charge in [-0.15, -0.1) is 0 Å². The minimum absolute atomic E-state index is 0. The molecule has 0 fully saturated rings. The number of nitrogens with one attached hydrogen (secondary N) is 2. The fourth-order valence-electron chi connectivity index (χ4n) is 9.09. The van der Waals surface area contributed by atoms with Crippen LogP contribution in [0.15, 0.2) is 97.7 Å². The van der Waals surface area contributed by atoms with Crippen molar-refractivity contribution in [2.75, 3.05) is 52.4 Å². The van der Waals surface area contributed by atoms with Crippen LogP contribution in [0.4, 0.5) is 0 Å². The van der Waals surface area contributed by atoms with Gasteiger partial charge in [0.2, 0.25) is 0 Å². The molecule has 0 saturated heterocycles. The average Bonchev–Trinajstić information content (AvgIpc) is 4.12. The third-order valence-electron chi connectivity index (χ3n) is 12.0. The van der Waals surface area contributed by atoms with Crippen molar-refractivity contribution in [3.8, 4) is 0 Å². The topological polar surface area (TPSA) is 70.3 Å². The summed E-state index contributed by atoms with van der Waals surface area (Å²) in [6.45, 7) is 16.5. The van der Waals surface area contributed by atoms with Crippen molar-refractivity contribution >= 4 is 68.7 Å². The second kappa shape index (κ2) is 18.9. The molecule has 2 N–H and O–H groups in total. The first-order valence-electron chi connectivity index (χ1n) is 22.2. The Hall–Kier alpha value is -5.76. The third-order valence-corrected chi connectivity index (χ3v) is 12.0. The van der Waals surface area contributed by atoms with Crippen LogP contribution in [-0.2, 0) is 17.1 Å². The molecule has 6 aliphatic rings. The molecule has 9 heteroatoms. The van der Waals surface area contributed by atoms with Crippen molar-refractivity contribution in [3.63, 3.8) is 0 Å². The summed E-state index contributed by atoms with van der Waals surface area (Å²) in [5.74, 6) is 0. The van der Waals surface area contributed by atoms with Crippen LogP contribution in [0.25, 0.3) is 68.7 Å². The molecule has 0 radical (unpaired) electrons. The second-order valence-electron chi connectivity index (χ2n) is 16.4. The van der Waals surface area contributed by atoms with Gasteiger partial charge in [0, 0.05) is 96.7 Å². The number of aromatic nitrogens is 4. The molecule has 310 valence electrons. The monoisotopic (exact) mass is 849 g/mol. The number of hydrogen-bond donors (Lipinski definition) is 2. The summed E-state index contributed by atoms with van der Waals surface area (Å²) in [6.07, 6.45) is 40.7. The number of nitrogens with zero attached hydrogens (tertiary/aromatic N) is 6. The van der Waals surface area contributed by atoms with Crippen molar-refractivity contribution < 1.29 is 17.1 Å². The quantitative estimate of drug-likeness (QED) is 0.122. The third kappa shape index (κ3) is 8.73. The number of aromatic amines is 2. The summed E-state index contributed by atoms with van der Waals surface area (Å²) in [4.78, 5) is 28.5. The minimum Gasteiger partial charge on any atom is -0.374 e. The van der Waals surface area contributed by atoms with E-state index >= 15 is 0 Å². The molecular weight excluding hydrogens is 792 g/mol. The van der Waals surface area contributed by atoms with Crippen LogP contribution in [0.5, 0.6) is 0 Å². The number of hydrogen-bond acceptors (Lipinski definition) is 6. The SMILES string of the molecule is CCCN1C=CC(c2c3nc(c(C4=CCN(CCC)C=C4)c4ccc([nH]4)c(C4=CCN(CCC)C=C4)c4nc(c(C5=CCN(CCC)C=C5)c5ccc2[nH]5)C=C4)C=C3)=CC1.[Mn+3]. The Morgan fingerprint density at radius 2 is 0.639 bits per heavy atom. The molecule has 9 heterocycles. The van der Waals surface area contributed by atoms with Crippen LogP contribution < -0.4 is 0 Å². The van der Waals surface area contributed by atoms with Crippen LogP contribution in [0.2, 0.25) is 0 Å². The zero-order valence-corrected chi connectivity index (χ0v) is 37.3. The van der Waals surface area contributed by atoms with Crippen LogP contribution in [0.1, 0.15) is 98.4 Å². The van der Waals surface area contributed by atoms with Gasteiger partial charge in [0.05, 0.1) is 22.8 Å². The molecule has 8 nitrogen and oxygen atoms in total. The van der Waals surface area contributed by atoms with Crippen molar-refractivity contribution in [1.82, 2.24) is 39.5 Å². The molecular formula is C52H58MnN8+3. The zero-order chi connectivity index (χ0) is 41.0. The maximum absolute atomic E-state index is 5.54. The van der Waals surface area contributed by atoms with Gasteiger partial charge >= 0.3 is 17.1 Å². The molecule has 3 aromatic heterocycles. The number of fused-ring (bicyclic) bond motifs is 8. The molecule has 3 aromatic rings. The summed E-state index contributed by atoms with van der Waals surface area (Å²) in [5.41, 5.74) is 17.0. The van der Waals surface area contributed by atoms with Crippen LogP contribution in [-0.4, -0.2) is 91.9 Å². The Balaban J connectivity index is 0.00000514. The van der Waals surface area contributed by atoms with Crippen LogP contribution >= 0.6 is 0 Å². The molecule has 0 saturated carbocycles. The Morgan fingerprint density at radius 3 is 0.836 bits per heavy atom. The van der Waals surface area contributed by atoms with Crippen molar-refractivity contribution in [3.05, 3.63) is 143 Å². The maximum Gasteiger partial charge on any atom is 3.00 e. The van der Waals surface area contributed by atoms with Gasteiger partial charge in [0.25, 0.3) is 0 Å². The first kappa shape index (κ1) is 42.0. The summed E-state index contributed by atoms with van der Waals surface area (Å²) in [7, 11) is 0. The molecule has 8 bridgehead atoms. The molecule has 0 aliphatic carbocycles. The molecule has 0 aromatic carbocycles. The largest absolute Gasteiger partial charge is 3.00 e. The first-order valence-corrected chi connectivity index (χ1v) is 22.2. The Kier molecular flexibility index (Phi) is 13.0. The molecule has 0 amide bonds. The van der Waals surface area contributed by atoms with E-state index in [4.69, 9.17) is 9.97 Å². The van der Waals surface area contributed by atoms with E-state index in [0.717, 1.165) is 145 Å². The van der Waals surface area contributed by atoms with Gasteiger partial charge in [-0.2, -0.15) is 0 Å². The van der Waals surface area contributed by atoms with Gasteiger partial charge in [-0.05, 0) is 146 Å². The molecule has 0 spiro atoms. The van der Waals surface area contributed by atoms with E-state index in [2.05, 4.69) is 179 Å². The fourth-order valence-corrected chi connectivity index (χ4v) is 9.09. The van der Waals surface area contributed by atoms with E-state index in [9.17, 15) is 0 Å². The smallest absolute Gasteiger partial charge is 0.374 e. The second-order valence-corrected chi connectivity index (χ2v) is 16.4. The average molecular weight is 850 g/mol. The molecule has 9 rings (SSSR count). The van der Waals surface area contributed by atoms with E-state index in [0.29, 0.717) is 0 Å².